The van der Waals surface area contributed by atoms with Gasteiger partial charge in [-0.15, -0.1) is 11.8 Å². The van der Waals surface area contributed by atoms with Crippen molar-refractivity contribution in [1.29, 1.82) is 0 Å². The number of hydrogen-bond acceptors (Lipinski definition) is 5. The van der Waals surface area contributed by atoms with Crippen LogP contribution >= 0.6 is 27.7 Å². The highest BCUT2D eigenvalue weighted by Crippen LogP contribution is 2.17. The van der Waals surface area contributed by atoms with Crippen molar-refractivity contribution in [3.63, 3.8) is 0 Å². The first kappa shape index (κ1) is 18.9. The number of rotatable bonds is 7. The molecule has 0 spiro atoms. The SMILES string of the molecule is O=C(CSCC(=O)Nc1cccc([N+](=O)[O-])c1)Nc1ccc(Br)cc1. The Balaban J connectivity index is 1.74. The van der Waals surface area contributed by atoms with Gasteiger partial charge in [0.15, 0.2) is 0 Å². The summed E-state index contributed by atoms with van der Waals surface area (Å²) in [6.45, 7) is 0. The molecule has 0 bridgehead atoms. The summed E-state index contributed by atoms with van der Waals surface area (Å²) in [5, 5.41) is 16.0. The number of amides is 2. The number of halogens is 1. The van der Waals surface area contributed by atoms with E-state index >= 15 is 0 Å². The number of carbonyl (C=O) groups is 2. The van der Waals surface area contributed by atoms with Crippen molar-refractivity contribution < 1.29 is 14.5 Å². The first-order chi connectivity index (χ1) is 11.9. The van der Waals surface area contributed by atoms with Gasteiger partial charge in [0, 0.05) is 28.0 Å². The Kier molecular flexibility index (Phi) is 6.96. The largest absolute Gasteiger partial charge is 0.325 e. The number of benzene rings is 2. The maximum atomic E-state index is 11.8. The van der Waals surface area contributed by atoms with Gasteiger partial charge >= 0.3 is 0 Å². The number of nitro groups is 1. The average Bonchev–Trinajstić information content (AvgIpc) is 2.57. The van der Waals surface area contributed by atoms with Crippen LogP contribution in [0.25, 0.3) is 0 Å². The fourth-order valence-corrected chi connectivity index (χ4v) is 2.74. The highest BCUT2D eigenvalue weighted by atomic mass is 79.9. The number of thioether (sulfide) groups is 1. The molecule has 25 heavy (non-hydrogen) atoms. The highest BCUT2D eigenvalue weighted by Gasteiger charge is 2.09. The summed E-state index contributed by atoms with van der Waals surface area (Å²) in [6, 6.07) is 12.8. The van der Waals surface area contributed by atoms with Crippen molar-refractivity contribution in [3.05, 3.63) is 63.1 Å². The highest BCUT2D eigenvalue weighted by molar-refractivity contribution is 9.10. The van der Waals surface area contributed by atoms with Crippen LogP contribution in [0.15, 0.2) is 53.0 Å². The molecule has 0 saturated heterocycles. The number of anilines is 2. The molecule has 0 unspecified atom stereocenters. The predicted molar refractivity (Wildman–Crippen MR) is 102 cm³/mol. The molecule has 0 atom stereocenters. The van der Waals surface area contributed by atoms with E-state index < -0.39 is 4.92 Å². The predicted octanol–water partition coefficient (Wildman–Crippen LogP) is 3.67. The molecule has 130 valence electrons. The average molecular weight is 424 g/mol. The lowest BCUT2D eigenvalue weighted by Gasteiger charge is -2.06. The third-order valence-electron chi connectivity index (χ3n) is 2.94. The zero-order valence-electron chi connectivity index (χ0n) is 12.9. The first-order valence-electron chi connectivity index (χ1n) is 7.11. The van der Waals surface area contributed by atoms with Crippen molar-refractivity contribution in [2.75, 3.05) is 22.1 Å². The number of carbonyl (C=O) groups excluding carboxylic acids is 2. The van der Waals surface area contributed by atoms with Gasteiger partial charge in [-0.25, -0.2) is 0 Å². The zero-order chi connectivity index (χ0) is 18.2. The summed E-state index contributed by atoms with van der Waals surface area (Å²) in [6.07, 6.45) is 0. The van der Waals surface area contributed by atoms with E-state index in [1.165, 1.54) is 18.2 Å². The summed E-state index contributed by atoms with van der Waals surface area (Å²) < 4.78 is 0.915. The number of hydrogen-bond donors (Lipinski definition) is 2. The Labute approximate surface area is 156 Å². The molecule has 2 aromatic rings. The first-order valence-corrected chi connectivity index (χ1v) is 9.06. The van der Waals surface area contributed by atoms with Crippen molar-refractivity contribution in [2.45, 2.75) is 0 Å². The molecule has 2 aromatic carbocycles. The van der Waals surface area contributed by atoms with Crippen LogP contribution in [-0.2, 0) is 9.59 Å². The van der Waals surface area contributed by atoms with Gasteiger partial charge in [0.1, 0.15) is 0 Å². The minimum absolute atomic E-state index is 0.0659. The summed E-state index contributed by atoms with van der Waals surface area (Å²) in [5.74, 6) is -0.355. The Bertz CT molecular complexity index is 783. The lowest BCUT2D eigenvalue weighted by atomic mass is 10.3. The van der Waals surface area contributed by atoms with Crippen LogP contribution in [0.5, 0.6) is 0 Å². The van der Waals surface area contributed by atoms with Gasteiger partial charge in [-0.2, -0.15) is 0 Å². The van der Waals surface area contributed by atoms with E-state index in [1.807, 2.05) is 12.1 Å². The molecule has 9 heteroatoms. The maximum Gasteiger partial charge on any atom is 0.271 e. The summed E-state index contributed by atoms with van der Waals surface area (Å²) in [7, 11) is 0. The van der Waals surface area contributed by atoms with Crippen LogP contribution < -0.4 is 10.6 Å². The minimum Gasteiger partial charge on any atom is -0.325 e. The van der Waals surface area contributed by atoms with Gasteiger partial charge in [0.2, 0.25) is 11.8 Å². The van der Waals surface area contributed by atoms with Crippen LogP contribution in [-0.4, -0.2) is 28.2 Å². The molecule has 7 nitrogen and oxygen atoms in total. The fraction of sp³-hybridized carbons (Fsp3) is 0.125. The van der Waals surface area contributed by atoms with Crippen molar-refractivity contribution in [1.82, 2.24) is 0 Å². The third-order valence-corrected chi connectivity index (χ3v) is 4.40. The van der Waals surface area contributed by atoms with Gasteiger partial charge < -0.3 is 10.6 Å². The van der Waals surface area contributed by atoms with E-state index in [0.717, 1.165) is 16.2 Å². The van der Waals surface area contributed by atoms with Crippen LogP contribution in [0.2, 0.25) is 0 Å². The molecule has 0 heterocycles. The number of non-ortho nitro benzene ring substituents is 1. The van der Waals surface area contributed by atoms with Gasteiger partial charge in [0.25, 0.3) is 5.69 Å². The summed E-state index contributed by atoms with van der Waals surface area (Å²) in [5.41, 5.74) is 0.924. The van der Waals surface area contributed by atoms with Gasteiger partial charge in [-0.1, -0.05) is 22.0 Å². The third kappa shape index (κ3) is 6.55. The molecule has 2 rings (SSSR count). The topological polar surface area (TPSA) is 101 Å². The zero-order valence-corrected chi connectivity index (χ0v) is 15.3. The van der Waals surface area contributed by atoms with Crippen LogP contribution in [0, 0.1) is 10.1 Å². The molecule has 0 aliphatic rings. The molecule has 0 aromatic heterocycles. The van der Waals surface area contributed by atoms with Crippen LogP contribution in [0.3, 0.4) is 0 Å². The normalized spacial score (nSPS) is 10.1. The van der Waals surface area contributed by atoms with Gasteiger partial charge in [-0.3, -0.25) is 19.7 Å². The standard InChI is InChI=1S/C16H14BrN3O4S/c17-11-4-6-12(7-5-11)18-15(21)9-25-10-16(22)19-13-2-1-3-14(8-13)20(23)24/h1-8H,9-10H2,(H,18,21)(H,19,22). The molecule has 0 fully saturated rings. The summed E-state index contributed by atoms with van der Waals surface area (Å²) in [4.78, 5) is 33.8. The molecule has 0 radical (unpaired) electrons. The van der Waals surface area contributed by atoms with Crippen LogP contribution in [0.4, 0.5) is 17.1 Å². The number of nitrogens with zero attached hydrogens (tertiary/aromatic N) is 1. The Morgan fingerprint density at radius 2 is 1.60 bits per heavy atom. The molecule has 2 N–H and O–H groups in total. The smallest absolute Gasteiger partial charge is 0.271 e. The van der Waals surface area contributed by atoms with E-state index in [2.05, 4.69) is 26.6 Å². The second-order valence-electron chi connectivity index (χ2n) is 4.90. The second kappa shape index (κ2) is 9.19. The van der Waals surface area contributed by atoms with E-state index in [9.17, 15) is 19.7 Å². The van der Waals surface area contributed by atoms with E-state index in [4.69, 9.17) is 0 Å². The Morgan fingerprint density at radius 3 is 2.20 bits per heavy atom. The quantitative estimate of drug-likeness (QED) is 0.522. The molecule has 0 aliphatic heterocycles. The lowest BCUT2D eigenvalue weighted by Crippen LogP contribution is -2.18. The van der Waals surface area contributed by atoms with Crippen molar-refractivity contribution >= 4 is 56.6 Å². The lowest BCUT2D eigenvalue weighted by molar-refractivity contribution is -0.384. The van der Waals surface area contributed by atoms with Crippen LogP contribution in [0.1, 0.15) is 0 Å². The van der Waals surface area contributed by atoms with Gasteiger partial charge in [0.05, 0.1) is 16.4 Å². The minimum atomic E-state index is -0.531. The molecule has 0 aliphatic carbocycles. The van der Waals surface area contributed by atoms with Crippen molar-refractivity contribution in [2.24, 2.45) is 0 Å². The Morgan fingerprint density at radius 1 is 1.00 bits per heavy atom. The number of nitro benzene ring substituents is 1. The molecule has 0 saturated carbocycles. The monoisotopic (exact) mass is 423 g/mol. The number of nitrogens with one attached hydrogen (secondary N) is 2. The summed E-state index contributed by atoms with van der Waals surface area (Å²) >= 11 is 4.46. The molecular formula is C16H14BrN3O4S. The molecular weight excluding hydrogens is 410 g/mol. The molecule has 2 amide bonds. The van der Waals surface area contributed by atoms with Crippen molar-refractivity contribution in [3.8, 4) is 0 Å². The van der Waals surface area contributed by atoms with E-state index in [1.54, 1.807) is 18.2 Å². The fourth-order valence-electron chi connectivity index (χ4n) is 1.86. The van der Waals surface area contributed by atoms with Gasteiger partial charge in [-0.05, 0) is 30.3 Å². The van der Waals surface area contributed by atoms with E-state index in [0.29, 0.717) is 11.4 Å². The van der Waals surface area contributed by atoms with E-state index in [-0.39, 0.29) is 29.0 Å². The Hall–Kier alpha value is -2.39. The second-order valence-corrected chi connectivity index (χ2v) is 6.80. The maximum absolute atomic E-state index is 11.8.